The van der Waals surface area contributed by atoms with E-state index in [1.807, 2.05) is 34.9 Å². The summed E-state index contributed by atoms with van der Waals surface area (Å²) in [7, 11) is 0. The van der Waals surface area contributed by atoms with Crippen molar-refractivity contribution < 1.29 is 9.66 Å². The van der Waals surface area contributed by atoms with Gasteiger partial charge in [-0.3, -0.25) is 14.7 Å². The Balaban J connectivity index is 1.66. The molecule has 0 spiro atoms. The van der Waals surface area contributed by atoms with Crippen LogP contribution >= 0.6 is 11.8 Å². The SMILES string of the molecule is O=[N+]([O-])c1ccc(-c2nnc(SCC3CCCCO3)n2-c2ccccc2)cc1. The number of hydrogen-bond donors (Lipinski definition) is 0. The normalized spacial score (nSPS) is 16.8. The summed E-state index contributed by atoms with van der Waals surface area (Å²) in [4.78, 5) is 10.5. The first-order chi connectivity index (χ1) is 13.7. The van der Waals surface area contributed by atoms with Gasteiger partial charge in [0.2, 0.25) is 0 Å². The Labute approximate surface area is 166 Å². The van der Waals surface area contributed by atoms with E-state index in [4.69, 9.17) is 4.74 Å². The van der Waals surface area contributed by atoms with Crippen molar-refractivity contribution in [3.05, 3.63) is 64.7 Å². The minimum atomic E-state index is -0.406. The van der Waals surface area contributed by atoms with Crippen LogP contribution in [-0.2, 0) is 4.74 Å². The molecular weight excluding hydrogens is 376 g/mol. The molecule has 1 aliphatic heterocycles. The highest BCUT2D eigenvalue weighted by molar-refractivity contribution is 7.99. The monoisotopic (exact) mass is 396 g/mol. The molecule has 2 aromatic carbocycles. The van der Waals surface area contributed by atoms with E-state index in [-0.39, 0.29) is 11.8 Å². The second kappa shape index (κ2) is 8.53. The Kier molecular flexibility index (Phi) is 5.68. The van der Waals surface area contributed by atoms with Crippen molar-refractivity contribution in [3.8, 4) is 17.1 Å². The fourth-order valence-electron chi connectivity index (χ4n) is 3.20. The smallest absolute Gasteiger partial charge is 0.269 e. The number of ether oxygens (including phenoxy) is 1. The molecule has 144 valence electrons. The fraction of sp³-hybridized carbons (Fsp3) is 0.300. The number of benzene rings is 2. The summed E-state index contributed by atoms with van der Waals surface area (Å²) in [6.07, 6.45) is 3.64. The fourth-order valence-corrected chi connectivity index (χ4v) is 4.22. The molecule has 0 radical (unpaired) electrons. The highest BCUT2D eigenvalue weighted by Crippen LogP contribution is 2.30. The van der Waals surface area contributed by atoms with Crippen LogP contribution < -0.4 is 0 Å². The zero-order chi connectivity index (χ0) is 19.3. The van der Waals surface area contributed by atoms with Crippen LogP contribution in [0.15, 0.2) is 59.8 Å². The minimum Gasteiger partial charge on any atom is -0.377 e. The Morgan fingerprint density at radius 2 is 1.89 bits per heavy atom. The zero-order valence-electron chi connectivity index (χ0n) is 15.2. The molecule has 1 saturated heterocycles. The van der Waals surface area contributed by atoms with E-state index in [0.717, 1.165) is 41.6 Å². The number of nitro benzene ring substituents is 1. The highest BCUT2D eigenvalue weighted by Gasteiger charge is 2.20. The molecule has 0 saturated carbocycles. The van der Waals surface area contributed by atoms with Gasteiger partial charge < -0.3 is 4.74 Å². The van der Waals surface area contributed by atoms with Crippen molar-refractivity contribution >= 4 is 17.4 Å². The molecule has 8 heteroatoms. The minimum absolute atomic E-state index is 0.0542. The first kappa shape index (κ1) is 18.6. The van der Waals surface area contributed by atoms with E-state index >= 15 is 0 Å². The quantitative estimate of drug-likeness (QED) is 0.346. The predicted molar refractivity (Wildman–Crippen MR) is 108 cm³/mol. The second-order valence-corrected chi connectivity index (χ2v) is 7.57. The van der Waals surface area contributed by atoms with Gasteiger partial charge >= 0.3 is 0 Å². The summed E-state index contributed by atoms with van der Waals surface area (Å²) in [5.74, 6) is 1.48. The summed E-state index contributed by atoms with van der Waals surface area (Å²) in [5.41, 5.74) is 1.79. The van der Waals surface area contributed by atoms with Gasteiger partial charge in [0.15, 0.2) is 11.0 Å². The first-order valence-electron chi connectivity index (χ1n) is 9.22. The molecular formula is C20H20N4O3S. The number of rotatable bonds is 6. The largest absolute Gasteiger partial charge is 0.377 e. The summed E-state index contributed by atoms with van der Waals surface area (Å²) in [6.45, 7) is 0.824. The molecule has 1 atom stereocenters. The zero-order valence-corrected chi connectivity index (χ0v) is 16.0. The molecule has 0 aliphatic carbocycles. The van der Waals surface area contributed by atoms with Gasteiger partial charge in [-0.15, -0.1) is 10.2 Å². The molecule has 0 N–H and O–H groups in total. The number of non-ortho nitro benzene ring substituents is 1. The standard InChI is InChI=1S/C20H20N4O3S/c25-24(26)17-11-9-15(10-12-17)19-21-22-20(23(19)16-6-2-1-3-7-16)28-14-18-8-4-5-13-27-18/h1-3,6-7,9-12,18H,4-5,8,13-14H2. The number of hydrogen-bond acceptors (Lipinski definition) is 6. The summed E-state index contributed by atoms with van der Waals surface area (Å²) in [6, 6.07) is 16.3. The van der Waals surface area contributed by atoms with Gasteiger partial charge in [-0.1, -0.05) is 30.0 Å². The van der Waals surface area contributed by atoms with Crippen LogP contribution in [0.4, 0.5) is 5.69 Å². The van der Waals surface area contributed by atoms with Crippen LogP contribution in [-0.4, -0.2) is 38.2 Å². The van der Waals surface area contributed by atoms with Crippen molar-refractivity contribution in [1.82, 2.24) is 14.8 Å². The average Bonchev–Trinajstić information content (AvgIpc) is 3.17. The number of thioether (sulfide) groups is 1. The van der Waals surface area contributed by atoms with Gasteiger partial charge in [-0.25, -0.2) is 0 Å². The van der Waals surface area contributed by atoms with Gasteiger partial charge in [-0.2, -0.15) is 0 Å². The third-order valence-electron chi connectivity index (χ3n) is 4.66. The Hall–Kier alpha value is -2.71. The van der Waals surface area contributed by atoms with Crippen LogP contribution in [0, 0.1) is 10.1 Å². The third kappa shape index (κ3) is 4.07. The predicted octanol–water partition coefficient (Wildman–Crippen LogP) is 4.50. The molecule has 28 heavy (non-hydrogen) atoms. The van der Waals surface area contributed by atoms with Crippen LogP contribution in [0.3, 0.4) is 0 Å². The molecule has 1 aliphatic rings. The van der Waals surface area contributed by atoms with Crippen molar-refractivity contribution in [2.24, 2.45) is 0 Å². The van der Waals surface area contributed by atoms with Crippen molar-refractivity contribution in [1.29, 1.82) is 0 Å². The molecule has 0 bridgehead atoms. The van der Waals surface area contributed by atoms with Gasteiger partial charge in [0.1, 0.15) is 0 Å². The second-order valence-electron chi connectivity index (χ2n) is 6.58. The van der Waals surface area contributed by atoms with Gasteiger partial charge in [0, 0.05) is 35.7 Å². The number of nitro groups is 1. The van der Waals surface area contributed by atoms with E-state index in [0.29, 0.717) is 5.82 Å². The number of para-hydroxylation sites is 1. The Bertz CT molecular complexity index is 938. The lowest BCUT2D eigenvalue weighted by Gasteiger charge is -2.22. The van der Waals surface area contributed by atoms with Crippen molar-refractivity contribution in [2.75, 3.05) is 12.4 Å². The highest BCUT2D eigenvalue weighted by atomic mass is 32.2. The molecule has 1 fully saturated rings. The molecule has 1 aromatic heterocycles. The lowest BCUT2D eigenvalue weighted by molar-refractivity contribution is -0.384. The Morgan fingerprint density at radius 1 is 1.11 bits per heavy atom. The van der Waals surface area contributed by atoms with E-state index in [9.17, 15) is 10.1 Å². The molecule has 3 aromatic rings. The van der Waals surface area contributed by atoms with Gasteiger partial charge in [0.25, 0.3) is 5.69 Å². The maximum Gasteiger partial charge on any atom is 0.269 e. The molecule has 2 heterocycles. The van der Waals surface area contributed by atoms with Gasteiger partial charge in [0.05, 0.1) is 11.0 Å². The maximum atomic E-state index is 10.9. The molecule has 1 unspecified atom stereocenters. The maximum absolute atomic E-state index is 10.9. The van der Waals surface area contributed by atoms with Crippen molar-refractivity contribution in [2.45, 2.75) is 30.5 Å². The lowest BCUT2D eigenvalue weighted by Crippen LogP contribution is -2.21. The average molecular weight is 396 g/mol. The van der Waals surface area contributed by atoms with Crippen LogP contribution in [0.25, 0.3) is 17.1 Å². The summed E-state index contributed by atoms with van der Waals surface area (Å²) in [5, 5.41) is 20.5. The summed E-state index contributed by atoms with van der Waals surface area (Å²) >= 11 is 1.63. The topological polar surface area (TPSA) is 83.1 Å². The third-order valence-corrected chi connectivity index (χ3v) is 5.72. The number of nitrogens with zero attached hydrogens (tertiary/aromatic N) is 4. The van der Waals surface area contributed by atoms with E-state index in [2.05, 4.69) is 10.2 Å². The van der Waals surface area contributed by atoms with Crippen molar-refractivity contribution in [3.63, 3.8) is 0 Å². The molecule has 0 amide bonds. The number of aromatic nitrogens is 3. The van der Waals surface area contributed by atoms with Gasteiger partial charge in [-0.05, 0) is 43.5 Å². The first-order valence-corrected chi connectivity index (χ1v) is 10.2. The van der Waals surface area contributed by atoms with E-state index in [1.54, 1.807) is 23.9 Å². The lowest BCUT2D eigenvalue weighted by atomic mass is 10.1. The van der Waals surface area contributed by atoms with Crippen LogP contribution in [0.1, 0.15) is 19.3 Å². The Morgan fingerprint density at radius 3 is 2.57 bits per heavy atom. The summed E-state index contributed by atoms with van der Waals surface area (Å²) < 4.78 is 7.82. The van der Waals surface area contributed by atoms with E-state index < -0.39 is 4.92 Å². The molecule has 7 nitrogen and oxygen atoms in total. The molecule has 4 rings (SSSR count). The van der Waals surface area contributed by atoms with Crippen LogP contribution in [0.5, 0.6) is 0 Å². The van der Waals surface area contributed by atoms with Crippen LogP contribution in [0.2, 0.25) is 0 Å². The van der Waals surface area contributed by atoms with E-state index in [1.165, 1.54) is 18.6 Å².